The Bertz CT molecular complexity index is 1010. The van der Waals surface area contributed by atoms with E-state index in [1.807, 2.05) is 13.8 Å². The van der Waals surface area contributed by atoms with E-state index >= 15 is 0 Å². The number of unbranched alkanes of at least 4 members (excludes halogenated alkanes) is 1. The lowest BCUT2D eigenvalue weighted by Gasteiger charge is -2.26. The van der Waals surface area contributed by atoms with E-state index in [9.17, 15) is 28.8 Å². The van der Waals surface area contributed by atoms with Crippen molar-refractivity contribution in [3.8, 4) is 0 Å². The topological polar surface area (TPSA) is 139 Å². The molecule has 0 bridgehead atoms. The van der Waals surface area contributed by atoms with Crippen molar-refractivity contribution in [1.29, 1.82) is 0 Å². The minimum absolute atomic E-state index is 0.0423. The lowest BCUT2D eigenvalue weighted by molar-refractivity contribution is -0.157. The number of hydrogen-bond acceptors (Lipinski definition) is 10. The third-order valence-electron chi connectivity index (χ3n) is 5.77. The summed E-state index contributed by atoms with van der Waals surface area (Å²) in [6, 6.07) is 0. The molecule has 34 heavy (non-hydrogen) atoms. The van der Waals surface area contributed by atoms with Crippen LogP contribution in [0.2, 0.25) is 0 Å². The number of carbonyl (C=O) groups excluding carboxylic acids is 6. The zero-order valence-corrected chi connectivity index (χ0v) is 19.0. The second-order valence-electron chi connectivity index (χ2n) is 8.12. The van der Waals surface area contributed by atoms with Gasteiger partial charge < -0.3 is 18.9 Å². The van der Waals surface area contributed by atoms with Crippen molar-refractivity contribution in [3.63, 3.8) is 0 Å². The summed E-state index contributed by atoms with van der Waals surface area (Å²) in [5.74, 6) is -7.23. The first-order chi connectivity index (χ1) is 16.3. The van der Waals surface area contributed by atoms with Crippen LogP contribution in [0.25, 0.3) is 0 Å². The first-order valence-corrected chi connectivity index (χ1v) is 11.3. The van der Waals surface area contributed by atoms with E-state index < -0.39 is 54.1 Å². The van der Waals surface area contributed by atoms with Crippen LogP contribution in [0.5, 0.6) is 0 Å². The second-order valence-corrected chi connectivity index (χ2v) is 8.12. The van der Waals surface area contributed by atoms with E-state index in [4.69, 9.17) is 18.9 Å². The van der Waals surface area contributed by atoms with Crippen LogP contribution in [-0.4, -0.2) is 49.0 Å². The fraction of sp³-hybridized carbons (Fsp3) is 0.500. The molecule has 0 spiro atoms. The van der Waals surface area contributed by atoms with Crippen LogP contribution in [0.4, 0.5) is 0 Å². The number of carbonyl (C=O) groups is 6. The summed E-state index contributed by atoms with van der Waals surface area (Å²) < 4.78 is 19.8. The number of esters is 6. The molecule has 3 aliphatic heterocycles. The maximum atomic E-state index is 13.2. The van der Waals surface area contributed by atoms with Crippen molar-refractivity contribution in [2.75, 3.05) is 13.2 Å². The van der Waals surface area contributed by atoms with E-state index in [1.165, 1.54) is 6.08 Å². The Labute approximate surface area is 195 Å². The summed E-state index contributed by atoms with van der Waals surface area (Å²) in [6.07, 6.45) is 4.90. The summed E-state index contributed by atoms with van der Waals surface area (Å²) in [7, 11) is 0. The second kappa shape index (κ2) is 11.0. The Morgan fingerprint density at radius 3 is 2.21 bits per heavy atom. The van der Waals surface area contributed by atoms with E-state index in [-0.39, 0.29) is 41.9 Å². The fourth-order valence-electron chi connectivity index (χ4n) is 4.22. The van der Waals surface area contributed by atoms with Crippen LogP contribution in [0, 0.1) is 11.8 Å². The highest BCUT2D eigenvalue weighted by atomic mass is 16.6. The van der Waals surface area contributed by atoms with E-state index in [1.54, 1.807) is 6.08 Å². The van der Waals surface area contributed by atoms with Gasteiger partial charge in [-0.05, 0) is 25.2 Å². The van der Waals surface area contributed by atoms with E-state index in [0.717, 1.165) is 6.42 Å². The van der Waals surface area contributed by atoms with Crippen LogP contribution in [-0.2, 0) is 47.7 Å². The highest BCUT2D eigenvalue weighted by Gasteiger charge is 2.46. The Morgan fingerprint density at radius 2 is 1.50 bits per heavy atom. The first kappa shape index (κ1) is 25.1. The molecule has 2 atom stereocenters. The molecule has 0 saturated carbocycles. The highest BCUT2D eigenvalue weighted by molar-refractivity contribution is 6.16. The SMILES string of the molecule is CCC/C=C/C1=C([C@H]2C(=O)OCCOC(=O)CC3=C(C[C@@H]2CCC)C(=O)OC3=O)C(=O)OC1=O. The van der Waals surface area contributed by atoms with Gasteiger partial charge in [-0.2, -0.15) is 0 Å². The van der Waals surface area contributed by atoms with Gasteiger partial charge >= 0.3 is 35.8 Å². The largest absolute Gasteiger partial charge is 0.462 e. The molecule has 3 rings (SSSR count). The van der Waals surface area contributed by atoms with Crippen molar-refractivity contribution >= 4 is 35.8 Å². The predicted octanol–water partition coefficient (Wildman–Crippen LogP) is 2.02. The zero-order valence-electron chi connectivity index (χ0n) is 19.0. The average Bonchev–Trinajstić information content (AvgIpc) is 3.20. The molecule has 0 saturated heterocycles. The molecule has 0 aromatic heterocycles. The molecular formula is C24H26O10. The van der Waals surface area contributed by atoms with Gasteiger partial charge in [0.25, 0.3) is 0 Å². The van der Waals surface area contributed by atoms with E-state index in [2.05, 4.69) is 0 Å². The summed E-state index contributed by atoms with van der Waals surface area (Å²) in [4.78, 5) is 75.0. The van der Waals surface area contributed by atoms with Crippen molar-refractivity contribution < 1.29 is 47.7 Å². The van der Waals surface area contributed by atoms with Gasteiger partial charge in [-0.15, -0.1) is 0 Å². The molecule has 182 valence electrons. The summed E-state index contributed by atoms with van der Waals surface area (Å²) in [5.41, 5.74) is -0.375. The Morgan fingerprint density at radius 1 is 0.824 bits per heavy atom. The molecule has 0 unspecified atom stereocenters. The summed E-state index contributed by atoms with van der Waals surface area (Å²) in [5, 5.41) is 0. The van der Waals surface area contributed by atoms with Crippen molar-refractivity contribution in [2.24, 2.45) is 11.8 Å². The van der Waals surface area contributed by atoms with E-state index in [0.29, 0.717) is 19.3 Å². The van der Waals surface area contributed by atoms with Crippen LogP contribution in [0.3, 0.4) is 0 Å². The fourth-order valence-corrected chi connectivity index (χ4v) is 4.22. The van der Waals surface area contributed by atoms with Gasteiger partial charge in [0.2, 0.25) is 0 Å². The third kappa shape index (κ3) is 5.32. The minimum Gasteiger partial charge on any atom is -0.462 e. The molecule has 0 N–H and O–H groups in total. The normalized spacial score (nSPS) is 24.5. The maximum absolute atomic E-state index is 13.2. The average molecular weight is 474 g/mol. The molecule has 0 aromatic carbocycles. The van der Waals surface area contributed by atoms with Crippen LogP contribution in [0.1, 0.15) is 52.4 Å². The standard InChI is InChI=1S/C24H26O10/c1-3-5-6-8-14-19(24(30)34-20(14)26)18-13(7-4-2)11-15-16(22(28)33-21(15)27)12-17(25)31-9-10-32-23(18)29/h6,8,13,18H,3-5,7,9-12H2,1-2H3/b8-6+/t13-,18-/m0/s1. The van der Waals surface area contributed by atoms with Gasteiger partial charge in [0.1, 0.15) is 13.2 Å². The maximum Gasteiger partial charge on any atom is 0.346 e. The molecular weight excluding hydrogens is 448 g/mol. The Balaban J connectivity index is 2.14. The quantitative estimate of drug-likeness (QED) is 0.319. The zero-order chi connectivity index (χ0) is 24.8. The van der Waals surface area contributed by atoms with Crippen LogP contribution < -0.4 is 0 Å². The molecule has 10 nitrogen and oxygen atoms in total. The predicted molar refractivity (Wildman–Crippen MR) is 113 cm³/mol. The number of allylic oxidation sites excluding steroid dienone is 1. The van der Waals surface area contributed by atoms with Gasteiger partial charge in [-0.1, -0.05) is 38.8 Å². The Kier molecular flexibility index (Phi) is 8.14. The first-order valence-electron chi connectivity index (χ1n) is 11.3. The van der Waals surface area contributed by atoms with Crippen LogP contribution in [0.15, 0.2) is 34.4 Å². The monoisotopic (exact) mass is 474 g/mol. The molecule has 0 aromatic rings. The molecule has 3 heterocycles. The number of ether oxygens (including phenoxy) is 4. The smallest absolute Gasteiger partial charge is 0.346 e. The van der Waals surface area contributed by atoms with Crippen LogP contribution >= 0.6 is 0 Å². The summed E-state index contributed by atoms with van der Waals surface area (Å²) >= 11 is 0. The van der Waals surface area contributed by atoms with Crippen molar-refractivity contribution in [1.82, 2.24) is 0 Å². The van der Waals surface area contributed by atoms with Gasteiger partial charge in [-0.25, -0.2) is 19.2 Å². The number of rotatable bonds is 6. The molecule has 3 aliphatic rings. The van der Waals surface area contributed by atoms with Crippen molar-refractivity contribution in [2.45, 2.75) is 52.4 Å². The molecule has 0 aliphatic carbocycles. The Hall–Kier alpha value is -3.56. The lowest BCUT2D eigenvalue weighted by atomic mass is 9.77. The van der Waals surface area contributed by atoms with Gasteiger partial charge in [-0.3, -0.25) is 9.59 Å². The van der Waals surface area contributed by atoms with Gasteiger partial charge in [0.05, 0.1) is 29.1 Å². The molecule has 0 radical (unpaired) electrons. The molecule has 0 fully saturated rings. The highest BCUT2D eigenvalue weighted by Crippen LogP contribution is 2.39. The van der Waals surface area contributed by atoms with Gasteiger partial charge in [0.15, 0.2) is 0 Å². The van der Waals surface area contributed by atoms with Gasteiger partial charge in [0, 0.05) is 5.57 Å². The lowest BCUT2D eigenvalue weighted by Crippen LogP contribution is -2.32. The number of cyclic esters (lactones) is 6. The summed E-state index contributed by atoms with van der Waals surface area (Å²) in [6.45, 7) is 3.22. The minimum atomic E-state index is -1.24. The third-order valence-corrected chi connectivity index (χ3v) is 5.77. The molecule has 0 amide bonds. The van der Waals surface area contributed by atoms with Crippen molar-refractivity contribution in [3.05, 3.63) is 34.4 Å². The molecule has 10 heteroatoms. The number of hydrogen-bond donors (Lipinski definition) is 0.